The standard InChI is InChI=1S/C16H14N2O5S/c1-23-10-6-4-9(5-7-10)13-15(18(21)22)12(11-3-2-8-24-11)14(17-13)16(19)20/h3-7,17H,2,8H2,1H3,(H,19,20). The van der Waals surface area contributed by atoms with Crippen molar-refractivity contribution in [3.8, 4) is 17.0 Å². The van der Waals surface area contributed by atoms with E-state index in [1.165, 1.54) is 18.9 Å². The molecule has 1 aromatic carbocycles. The molecule has 0 aliphatic carbocycles. The van der Waals surface area contributed by atoms with E-state index in [1.807, 2.05) is 6.08 Å². The molecule has 24 heavy (non-hydrogen) atoms. The molecular formula is C16H14N2O5S. The Balaban J connectivity index is 2.23. The zero-order chi connectivity index (χ0) is 17.3. The summed E-state index contributed by atoms with van der Waals surface area (Å²) in [6.07, 6.45) is 2.60. The summed E-state index contributed by atoms with van der Waals surface area (Å²) in [7, 11) is 1.52. The third-order valence-electron chi connectivity index (χ3n) is 3.70. The Labute approximate surface area is 141 Å². The lowest BCUT2D eigenvalue weighted by Gasteiger charge is -2.03. The van der Waals surface area contributed by atoms with Crippen molar-refractivity contribution in [2.75, 3.05) is 12.9 Å². The first-order chi connectivity index (χ1) is 11.5. The molecule has 1 aliphatic heterocycles. The zero-order valence-electron chi connectivity index (χ0n) is 12.7. The van der Waals surface area contributed by atoms with E-state index in [9.17, 15) is 20.0 Å². The van der Waals surface area contributed by atoms with Crippen molar-refractivity contribution in [1.29, 1.82) is 0 Å². The maximum Gasteiger partial charge on any atom is 0.353 e. The van der Waals surface area contributed by atoms with Crippen LogP contribution in [0.5, 0.6) is 5.75 Å². The van der Waals surface area contributed by atoms with Crippen LogP contribution in [0.3, 0.4) is 0 Å². The summed E-state index contributed by atoms with van der Waals surface area (Å²) in [5.74, 6) is 0.177. The van der Waals surface area contributed by atoms with Crippen molar-refractivity contribution in [1.82, 2.24) is 4.98 Å². The molecule has 1 aromatic heterocycles. The lowest BCUT2D eigenvalue weighted by Crippen LogP contribution is -2.01. The van der Waals surface area contributed by atoms with Gasteiger partial charge in [0, 0.05) is 16.2 Å². The molecule has 124 valence electrons. The Hall–Kier alpha value is -2.74. The number of carbonyl (C=O) groups is 1. The first kappa shape index (κ1) is 16.1. The molecule has 2 N–H and O–H groups in total. The Morgan fingerprint density at radius 3 is 2.58 bits per heavy atom. The van der Waals surface area contributed by atoms with Gasteiger partial charge in [0.05, 0.1) is 17.6 Å². The number of rotatable bonds is 5. The number of nitro groups is 1. The molecule has 0 saturated carbocycles. The number of aromatic carboxylic acids is 1. The Morgan fingerprint density at radius 1 is 1.38 bits per heavy atom. The SMILES string of the molecule is COc1ccc(-c2[nH]c(C(=O)O)c(C3=CCCS3)c2[N+](=O)[O-])cc1. The van der Waals surface area contributed by atoms with Crippen LogP contribution < -0.4 is 4.74 Å². The van der Waals surface area contributed by atoms with E-state index in [0.717, 1.165) is 12.2 Å². The first-order valence-corrected chi connectivity index (χ1v) is 8.13. The summed E-state index contributed by atoms with van der Waals surface area (Å²) in [6, 6.07) is 6.65. The quantitative estimate of drug-likeness (QED) is 0.630. The summed E-state index contributed by atoms with van der Waals surface area (Å²) >= 11 is 1.43. The minimum Gasteiger partial charge on any atom is -0.497 e. The molecule has 1 aliphatic rings. The first-order valence-electron chi connectivity index (χ1n) is 7.14. The van der Waals surface area contributed by atoms with Crippen molar-refractivity contribution in [2.45, 2.75) is 6.42 Å². The number of thioether (sulfide) groups is 1. The van der Waals surface area contributed by atoms with Gasteiger partial charge in [0.15, 0.2) is 0 Å². The highest BCUT2D eigenvalue weighted by Gasteiger charge is 2.33. The van der Waals surface area contributed by atoms with Crippen LogP contribution in [-0.2, 0) is 0 Å². The third-order valence-corrected chi connectivity index (χ3v) is 4.82. The Kier molecular flexibility index (Phi) is 4.30. The molecule has 2 aromatic rings. The molecule has 2 heterocycles. The predicted molar refractivity (Wildman–Crippen MR) is 91.4 cm³/mol. The number of allylic oxidation sites excluding steroid dienone is 1. The van der Waals surface area contributed by atoms with Gasteiger partial charge in [0.2, 0.25) is 0 Å². The van der Waals surface area contributed by atoms with Crippen LogP contribution >= 0.6 is 11.8 Å². The van der Waals surface area contributed by atoms with E-state index in [4.69, 9.17) is 4.74 Å². The lowest BCUT2D eigenvalue weighted by atomic mass is 10.1. The van der Waals surface area contributed by atoms with Crippen molar-refractivity contribution < 1.29 is 19.6 Å². The second-order valence-electron chi connectivity index (χ2n) is 5.09. The summed E-state index contributed by atoms with van der Waals surface area (Å²) in [4.78, 5) is 26.1. The van der Waals surface area contributed by atoms with Crippen LogP contribution in [0.15, 0.2) is 30.3 Å². The fourth-order valence-electron chi connectivity index (χ4n) is 2.63. The fourth-order valence-corrected chi connectivity index (χ4v) is 3.67. The van der Waals surface area contributed by atoms with Gasteiger partial charge >= 0.3 is 11.7 Å². The van der Waals surface area contributed by atoms with Gasteiger partial charge in [-0.05, 0) is 30.7 Å². The van der Waals surface area contributed by atoms with Crippen molar-refractivity contribution in [3.05, 3.63) is 51.7 Å². The number of H-pyrrole nitrogens is 1. The molecule has 7 nitrogen and oxygen atoms in total. The van der Waals surface area contributed by atoms with E-state index in [0.29, 0.717) is 16.2 Å². The van der Waals surface area contributed by atoms with Gasteiger partial charge in [-0.25, -0.2) is 4.79 Å². The van der Waals surface area contributed by atoms with E-state index >= 15 is 0 Å². The molecule has 0 unspecified atom stereocenters. The monoisotopic (exact) mass is 346 g/mol. The minimum atomic E-state index is -1.22. The van der Waals surface area contributed by atoms with Crippen LogP contribution in [0.1, 0.15) is 22.5 Å². The van der Waals surface area contributed by atoms with Gasteiger partial charge in [0.25, 0.3) is 0 Å². The molecule has 8 heteroatoms. The molecule has 0 bridgehead atoms. The van der Waals surface area contributed by atoms with Crippen LogP contribution in [-0.4, -0.2) is 33.8 Å². The number of benzene rings is 1. The smallest absolute Gasteiger partial charge is 0.353 e. The summed E-state index contributed by atoms with van der Waals surface area (Å²) in [5.41, 5.74) is 0.496. The second-order valence-corrected chi connectivity index (χ2v) is 6.23. The number of aromatic amines is 1. The van der Waals surface area contributed by atoms with Gasteiger partial charge in [-0.15, -0.1) is 11.8 Å². The van der Waals surface area contributed by atoms with E-state index in [2.05, 4.69) is 4.98 Å². The van der Waals surface area contributed by atoms with Crippen LogP contribution in [0, 0.1) is 10.1 Å². The number of hydrogen-bond acceptors (Lipinski definition) is 5. The Bertz CT molecular complexity index is 839. The van der Waals surface area contributed by atoms with Gasteiger partial charge in [-0.1, -0.05) is 6.08 Å². The highest BCUT2D eigenvalue weighted by atomic mass is 32.2. The lowest BCUT2D eigenvalue weighted by molar-refractivity contribution is -0.384. The average Bonchev–Trinajstić information content (AvgIpc) is 3.21. The molecule has 0 atom stereocenters. The largest absolute Gasteiger partial charge is 0.497 e. The normalized spacial score (nSPS) is 13.6. The van der Waals surface area contributed by atoms with Crippen molar-refractivity contribution >= 4 is 28.3 Å². The molecular weight excluding hydrogens is 332 g/mol. The Morgan fingerprint density at radius 2 is 2.08 bits per heavy atom. The van der Waals surface area contributed by atoms with Crippen LogP contribution in [0.4, 0.5) is 5.69 Å². The van der Waals surface area contributed by atoms with E-state index in [1.54, 1.807) is 24.3 Å². The number of aromatic nitrogens is 1. The van der Waals surface area contributed by atoms with Crippen molar-refractivity contribution in [3.63, 3.8) is 0 Å². The average molecular weight is 346 g/mol. The van der Waals surface area contributed by atoms with Gasteiger partial charge < -0.3 is 14.8 Å². The fraction of sp³-hybridized carbons (Fsp3) is 0.188. The van der Waals surface area contributed by atoms with Crippen molar-refractivity contribution in [2.24, 2.45) is 0 Å². The molecule has 0 spiro atoms. The van der Waals surface area contributed by atoms with Gasteiger partial charge in [-0.2, -0.15) is 0 Å². The summed E-state index contributed by atoms with van der Waals surface area (Å²) in [6.45, 7) is 0. The van der Waals surface area contributed by atoms with Crippen LogP contribution in [0.2, 0.25) is 0 Å². The van der Waals surface area contributed by atoms with E-state index < -0.39 is 10.9 Å². The van der Waals surface area contributed by atoms with Crippen LogP contribution in [0.25, 0.3) is 16.2 Å². The summed E-state index contributed by atoms with van der Waals surface area (Å²) in [5, 5.41) is 21.1. The van der Waals surface area contributed by atoms with E-state index in [-0.39, 0.29) is 22.6 Å². The molecule has 0 saturated heterocycles. The number of methoxy groups -OCH3 is 1. The zero-order valence-corrected chi connectivity index (χ0v) is 13.6. The van der Waals surface area contributed by atoms with Gasteiger partial charge in [0.1, 0.15) is 17.1 Å². The number of nitrogens with zero attached hydrogens (tertiary/aromatic N) is 1. The number of carboxylic acids is 1. The number of nitrogens with one attached hydrogen (secondary N) is 1. The maximum atomic E-state index is 11.7. The predicted octanol–water partition coefficient (Wildman–Crippen LogP) is 3.77. The number of hydrogen-bond donors (Lipinski definition) is 2. The van der Waals surface area contributed by atoms with Gasteiger partial charge in [-0.3, -0.25) is 10.1 Å². The third kappa shape index (κ3) is 2.76. The highest BCUT2D eigenvalue weighted by molar-refractivity contribution is 8.08. The topological polar surface area (TPSA) is 105 Å². The number of carboxylic acid groups (broad SMARTS) is 1. The molecule has 0 radical (unpaired) electrons. The second kappa shape index (κ2) is 6.40. The molecule has 3 rings (SSSR count). The highest BCUT2D eigenvalue weighted by Crippen LogP contribution is 2.45. The minimum absolute atomic E-state index is 0.154. The molecule has 0 amide bonds. The summed E-state index contributed by atoms with van der Waals surface area (Å²) < 4.78 is 5.08. The molecule has 0 fully saturated rings. The number of ether oxygens (including phenoxy) is 1. The maximum absolute atomic E-state index is 11.7.